The Morgan fingerprint density at radius 3 is 2.76 bits per heavy atom. The fourth-order valence-corrected chi connectivity index (χ4v) is 3.74. The number of hydrogen-bond donors (Lipinski definition) is 3. The Hall–Kier alpha value is -4.46. The summed E-state index contributed by atoms with van der Waals surface area (Å²) >= 11 is 0. The van der Waals surface area contributed by atoms with Gasteiger partial charge in [-0.1, -0.05) is 18.7 Å². The first kappa shape index (κ1) is 21.8. The van der Waals surface area contributed by atoms with E-state index in [0.717, 1.165) is 50.1 Å². The van der Waals surface area contributed by atoms with Gasteiger partial charge in [-0.15, -0.1) is 0 Å². The first-order chi connectivity index (χ1) is 15.9. The molecule has 0 saturated carbocycles. The van der Waals surface area contributed by atoms with Crippen LogP contribution < -0.4 is 11.1 Å². The van der Waals surface area contributed by atoms with Crippen molar-refractivity contribution in [2.45, 2.75) is 6.92 Å². The second-order valence-corrected chi connectivity index (χ2v) is 7.63. The molecule has 0 aliphatic carbocycles. The normalized spacial score (nSPS) is 11.9. The molecular formula is C25H25N7O. The van der Waals surface area contributed by atoms with Crippen LogP contribution in [0, 0.1) is 6.92 Å². The third kappa shape index (κ3) is 4.18. The Labute approximate surface area is 191 Å². The van der Waals surface area contributed by atoms with Crippen LogP contribution in [-0.2, 0) is 11.8 Å². The predicted molar refractivity (Wildman–Crippen MR) is 134 cm³/mol. The van der Waals surface area contributed by atoms with E-state index in [1.54, 1.807) is 30.3 Å². The van der Waals surface area contributed by atoms with E-state index < -0.39 is 0 Å². The summed E-state index contributed by atoms with van der Waals surface area (Å²) in [6.07, 6.45) is 9.98. The molecule has 0 bridgehead atoms. The number of hydrogen-bond acceptors (Lipinski definition) is 5. The summed E-state index contributed by atoms with van der Waals surface area (Å²) in [5.41, 5.74) is 13.5. The Morgan fingerprint density at radius 1 is 1.27 bits per heavy atom. The van der Waals surface area contributed by atoms with Gasteiger partial charge in [0.1, 0.15) is 5.65 Å². The third-order valence-electron chi connectivity index (χ3n) is 5.39. The van der Waals surface area contributed by atoms with Crippen LogP contribution in [0.2, 0.25) is 0 Å². The number of carbonyl (C=O) groups excluding carboxylic acids is 1. The van der Waals surface area contributed by atoms with Crippen molar-refractivity contribution in [1.29, 1.82) is 0 Å². The largest absolute Gasteiger partial charge is 0.404 e. The van der Waals surface area contributed by atoms with Crippen molar-refractivity contribution >= 4 is 34.4 Å². The number of rotatable bonds is 6. The third-order valence-corrected chi connectivity index (χ3v) is 5.39. The molecule has 0 fully saturated rings. The number of anilines is 1. The van der Waals surface area contributed by atoms with Crippen molar-refractivity contribution in [3.8, 4) is 22.4 Å². The lowest BCUT2D eigenvalue weighted by molar-refractivity contribution is -0.111. The van der Waals surface area contributed by atoms with E-state index in [0.29, 0.717) is 5.69 Å². The predicted octanol–water partition coefficient (Wildman–Crippen LogP) is 4.06. The average Bonchev–Trinajstić information content (AvgIpc) is 3.41. The van der Waals surface area contributed by atoms with Crippen molar-refractivity contribution in [2.75, 3.05) is 12.4 Å². The van der Waals surface area contributed by atoms with E-state index in [-0.39, 0.29) is 5.91 Å². The van der Waals surface area contributed by atoms with Gasteiger partial charge in [-0.2, -0.15) is 5.10 Å². The molecule has 3 heterocycles. The van der Waals surface area contributed by atoms with Crippen molar-refractivity contribution in [1.82, 2.24) is 19.7 Å². The number of nitrogens with zero attached hydrogens (tertiary/aromatic N) is 4. The maximum Gasteiger partial charge on any atom is 0.247 e. The van der Waals surface area contributed by atoms with E-state index in [9.17, 15) is 4.79 Å². The number of nitrogens with one attached hydrogen (secondary N) is 2. The number of aromatic amines is 1. The number of benzene rings is 1. The number of amides is 1. The Morgan fingerprint density at radius 2 is 2.09 bits per heavy atom. The minimum Gasteiger partial charge on any atom is -0.404 e. The summed E-state index contributed by atoms with van der Waals surface area (Å²) in [7, 11) is 3.57. The van der Waals surface area contributed by atoms with Gasteiger partial charge in [0.2, 0.25) is 5.91 Å². The van der Waals surface area contributed by atoms with E-state index in [1.165, 1.54) is 12.3 Å². The molecule has 0 atom stereocenters. The lowest BCUT2D eigenvalue weighted by Crippen LogP contribution is -2.08. The van der Waals surface area contributed by atoms with Gasteiger partial charge < -0.3 is 16.0 Å². The van der Waals surface area contributed by atoms with Gasteiger partial charge in [0, 0.05) is 72.2 Å². The Bertz CT molecular complexity index is 1420. The lowest BCUT2D eigenvalue weighted by Gasteiger charge is -2.11. The van der Waals surface area contributed by atoms with Crippen molar-refractivity contribution in [2.24, 2.45) is 17.8 Å². The molecule has 8 heteroatoms. The number of aliphatic imine (C=N–C) groups is 1. The molecule has 0 aliphatic rings. The fraction of sp³-hybridized carbons (Fsp3) is 0.120. The molecule has 33 heavy (non-hydrogen) atoms. The molecule has 0 aliphatic heterocycles. The standard InChI is InChI=1S/C25H25N7O/c1-5-22(33)30-21-9-16(7-6-15(21)2)23-20-8-17(18(10-26)11-27-3)12-28-25(20)31-24(23)19-13-29-32(4)14-19/h5-14H,1,26H2,2-4H3,(H,28,31)(H,30,33)/b18-10+,27-11?. The first-order valence-corrected chi connectivity index (χ1v) is 10.3. The molecule has 0 radical (unpaired) electrons. The highest BCUT2D eigenvalue weighted by Gasteiger charge is 2.19. The van der Waals surface area contributed by atoms with E-state index in [4.69, 9.17) is 5.73 Å². The number of nitrogens with two attached hydrogens (primary N) is 1. The zero-order chi connectivity index (χ0) is 23.5. The van der Waals surface area contributed by atoms with Crippen LogP contribution in [0.15, 0.2) is 66.7 Å². The second kappa shape index (κ2) is 8.96. The average molecular weight is 440 g/mol. The number of aryl methyl sites for hydroxylation is 2. The molecule has 0 spiro atoms. The number of aromatic nitrogens is 4. The number of H-pyrrole nitrogens is 1. The van der Waals surface area contributed by atoms with Crippen LogP contribution >= 0.6 is 0 Å². The molecular weight excluding hydrogens is 414 g/mol. The summed E-state index contributed by atoms with van der Waals surface area (Å²) in [6, 6.07) is 8.00. The van der Waals surface area contributed by atoms with Crippen molar-refractivity contribution in [3.63, 3.8) is 0 Å². The molecule has 4 N–H and O–H groups in total. The van der Waals surface area contributed by atoms with Crippen molar-refractivity contribution in [3.05, 3.63) is 72.8 Å². The van der Waals surface area contributed by atoms with Gasteiger partial charge >= 0.3 is 0 Å². The molecule has 0 unspecified atom stereocenters. The van der Waals surface area contributed by atoms with Crippen LogP contribution in [0.1, 0.15) is 11.1 Å². The van der Waals surface area contributed by atoms with Crippen LogP contribution in [0.3, 0.4) is 0 Å². The van der Waals surface area contributed by atoms with Crippen LogP contribution in [0.25, 0.3) is 39.0 Å². The summed E-state index contributed by atoms with van der Waals surface area (Å²) in [5, 5.41) is 8.13. The number of allylic oxidation sites excluding steroid dienone is 1. The maximum absolute atomic E-state index is 12.0. The van der Waals surface area contributed by atoms with Gasteiger partial charge in [0.15, 0.2) is 0 Å². The summed E-state index contributed by atoms with van der Waals surface area (Å²) in [4.78, 5) is 24.1. The smallest absolute Gasteiger partial charge is 0.247 e. The number of fused-ring (bicyclic) bond motifs is 1. The van der Waals surface area contributed by atoms with Crippen LogP contribution in [0.4, 0.5) is 5.69 Å². The Balaban J connectivity index is 1.99. The first-order valence-electron chi connectivity index (χ1n) is 10.3. The molecule has 4 aromatic rings. The maximum atomic E-state index is 12.0. The van der Waals surface area contributed by atoms with Crippen LogP contribution in [-0.4, -0.2) is 38.9 Å². The minimum atomic E-state index is -0.262. The van der Waals surface area contributed by atoms with E-state index in [2.05, 4.69) is 32.0 Å². The van der Waals surface area contributed by atoms with Crippen LogP contribution in [0.5, 0.6) is 0 Å². The summed E-state index contributed by atoms with van der Waals surface area (Å²) < 4.78 is 1.75. The van der Waals surface area contributed by atoms with Gasteiger partial charge in [0.25, 0.3) is 0 Å². The Kier molecular flexibility index (Phi) is 5.91. The second-order valence-electron chi connectivity index (χ2n) is 7.63. The molecule has 3 aromatic heterocycles. The highest BCUT2D eigenvalue weighted by atomic mass is 16.1. The molecule has 4 rings (SSSR count). The zero-order valence-corrected chi connectivity index (χ0v) is 18.8. The number of carbonyl (C=O) groups is 1. The monoisotopic (exact) mass is 439 g/mol. The van der Waals surface area contributed by atoms with E-state index >= 15 is 0 Å². The molecule has 1 aromatic carbocycles. The van der Waals surface area contributed by atoms with Gasteiger partial charge in [-0.3, -0.25) is 14.5 Å². The number of pyridine rings is 1. The fourth-order valence-electron chi connectivity index (χ4n) is 3.74. The lowest BCUT2D eigenvalue weighted by atomic mass is 9.97. The topological polar surface area (TPSA) is 114 Å². The highest BCUT2D eigenvalue weighted by Crippen LogP contribution is 2.39. The molecule has 1 amide bonds. The molecule has 166 valence electrons. The minimum absolute atomic E-state index is 0.262. The summed E-state index contributed by atoms with van der Waals surface area (Å²) in [6.45, 7) is 5.49. The van der Waals surface area contributed by atoms with Gasteiger partial charge in [-0.25, -0.2) is 4.98 Å². The zero-order valence-electron chi connectivity index (χ0n) is 18.8. The molecule has 0 saturated heterocycles. The van der Waals surface area contributed by atoms with Crippen molar-refractivity contribution < 1.29 is 4.79 Å². The van der Waals surface area contributed by atoms with E-state index in [1.807, 2.05) is 44.4 Å². The van der Waals surface area contributed by atoms with Gasteiger partial charge in [0.05, 0.1) is 11.9 Å². The SMILES string of the molecule is C=CC(=O)Nc1cc(-c2c(-c3cnn(C)c3)[nH]c3ncc(/C(C=NC)=C/N)cc23)ccc1C. The molecule has 8 nitrogen and oxygen atoms in total. The van der Waals surface area contributed by atoms with Gasteiger partial charge in [-0.05, 0) is 36.3 Å². The highest BCUT2D eigenvalue weighted by molar-refractivity contribution is 6.12. The quantitative estimate of drug-likeness (QED) is 0.310. The summed E-state index contributed by atoms with van der Waals surface area (Å²) in [5.74, 6) is -0.262.